The summed E-state index contributed by atoms with van der Waals surface area (Å²) in [4.78, 5) is 0. The van der Waals surface area contributed by atoms with Crippen LogP contribution in [-0.4, -0.2) is 16.0 Å². The molecule has 1 saturated carbocycles. The minimum atomic E-state index is 0.153. The number of rotatable bonds is 2. The molecule has 0 aromatic rings. The third-order valence-corrected chi connectivity index (χ3v) is 6.13. The summed E-state index contributed by atoms with van der Waals surface area (Å²) in [5.74, 6) is 2.10. The summed E-state index contributed by atoms with van der Waals surface area (Å²) in [6.45, 7) is 9.56. The average molecular weight is 213 g/mol. The summed E-state index contributed by atoms with van der Waals surface area (Å²) < 4.78 is 0.429. The molecule has 1 heterocycles. The molecule has 1 aliphatic carbocycles. The van der Waals surface area contributed by atoms with Crippen molar-refractivity contribution in [1.82, 2.24) is 0 Å². The predicted octanol–water partition coefficient (Wildman–Crippen LogP) is 3.04. The van der Waals surface area contributed by atoms with Gasteiger partial charge >= 0.3 is 0 Å². The van der Waals surface area contributed by atoms with Crippen molar-refractivity contribution >= 4 is 11.8 Å². The van der Waals surface area contributed by atoms with Crippen LogP contribution >= 0.6 is 11.8 Å². The summed E-state index contributed by atoms with van der Waals surface area (Å²) in [5.41, 5.74) is 6.89. The van der Waals surface area contributed by atoms with Crippen LogP contribution in [0.2, 0.25) is 0 Å². The van der Waals surface area contributed by atoms with E-state index in [4.69, 9.17) is 5.73 Å². The van der Waals surface area contributed by atoms with Gasteiger partial charge in [-0.25, -0.2) is 0 Å². The molecule has 0 spiro atoms. The molecule has 2 heteroatoms. The molecule has 2 aliphatic rings. The van der Waals surface area contributed by atoms with Gasteiger partial charge in [0, 0.05) is 10.3 Å². The molecule has 0 aromatic heterocycles. The predicted molar refractivity (Wildman–Crippen MR) is 64.6 cm³/mol. The van der Waals surface area contributed by atoms with Crippen LogP contribution in [0.15, 0.2) is 0 Å². The van der Waals surface area contributed by atoms with Crippen LogP contribution in [0.3, 0.4) is 0 Å². The quantitative estimate of drug-likeness (QED) is 0.763. The number of thioether (sulfide) groups is 1. The van der Waals surface area contributed by atoms with Gasteiger partial charge in [-0.05, 0) is 36.3 Å². The molecular weight excluding hydrogens is 190 g/mol. The van der Waals surface area contributed by atoms with E-state index >= 15 is 0 Å². The third-order valence-electron chi connectivity index (χ3n) is 4.66. The van der Waals surface area contributed by atoms with Crippen LogP contribution in [0.4, 0.5) is 0 Å². The second-order valence-corrected chi connectivity index (χ2v) is 7.92. The first-order valence-electron chi connectivity index (χ1n) is 5.72. The van der Waals surface area contributed by atoms with E-state index in [0.717, 1.165) is 5.92 Å². The highest BCUT2D eigenvalue weighted by Crippen LogP contribution is 2.59. The van der Waals surface area contributed by atoms with Crippen molar-refractivity contribution in [3.05, 3.63) is 0 Å². The number of hydrogen-bond donors (Lipinski definition) is 1. The van der Waals surface area contributed by atoms with Crippen LogP contribution in [0.5, 0.6) is 0 Å². The Kier molecular flexibility index (Phi) is 2.25. The van der Waals surface area contributed by atoms with E-state index in [0.29, 0.717) is 10.2 Å². The Morgan fingerprint density at radius 1 is 1.29 bits per heavy atom. The fraction of sp³-hybridized carbons (Fsp3) is 1.00. The van der Waals surface area contributed by atoms with E-state index in [-0.39, 0.29) is 5.54 Å². The molecule has 2 N–H and O–H groups in total. The van der Waals surface area contributed by atoms with Gasteiger partial charge in [0.05, 0.1) is 0 Å². The fourth-order valence-corrected chi connectivity index (χ4v) is 4.74. The third kappa shape index (κ3) is 1.42. The minimum absolute atomic E-state index is 0.153. The van der Waals surface area contributed by atoms with Gasteiger partial charge in [-0.1, -0.05) is 27.7 Å². The molecule has 82 valence electrons. The lowest BCUT2D eigenvalue weighted by Crippen LogP contribution is -2.49. The van der Waals surface area contributed by atoms with E-state index < -0.39 is 0 Å². The second-order valence-electron chi connectivity index (χ2n) is 6.17. The lowest BCUT2D eigenvalue weighted by atomic mass is 9.66. The monoisotopic (exact) mass is 213 g/mol. The Morgan fingerprint density at radius 3 is 2.21 bits per heavy atom. The van der Waals surface area contributed by atoms with Crippen molar-refractivity contribution in [3.8, 4) is 0 Å². The number of nitrogens with two attached hydrogens (primary N) is 1. The Hall–Kier alpha value is 0.310. The first-order chi connectivity index (χ1) is 6.30. The van der Waals surface area contributed by atoms with Gasteiger partial charge < -0.3 is 5.73 Å². The van der Waals surface area contributed by atoms with Gasteiger partial charge in [0.15, 0.2) is 0 Å². The zero-order valence-corrected chi connectivity index (χ0v) is 10.7. The zero-order chi connectivity index (χ0) is 10.6. The smallest absolute Gasteiger partial charge is 0.0210 e. The lowest BCUT2D eigenvalue weighted by Gasteiger charge is -2.44. The Balaban J connectivity index is 2.21. The summed E-state index contributed by atoms with van der Waals surface area (Å²) >= 11 is 2.12. The maximum absolute atomic E-state index is 6.42. The van der Waals surface area contributed by atoms with Crippen molar-refractivity contribution in [2.24, 2.45) is 17.1 Å². The largest absolute Gasteiger partial charge is 0.325 e. The molecule has 1 unspecified atom stereocenters. The maximum atomic E-state index is 6.42. The normalized spacial score (nSPS) is 34.5. The highest BCUT2D eigenvalue weighted by molar-refractivity contribution is 8.00. The van der Waals surface area contributed by atoms with Crippen LogP contribution in [0.25, 0.3) is 0 Å². The van der Waals surface area contributed by atoms with Crippen molar-refractivity contribution in [2.75, 3.05) is 5.75 Å². The van der Waals surface area contributed by atoms with Crippen LogP contribution < -0.4 is 5.73 Å². The second kappa shape index (κ2) is 2.91. The summed E-state index contributed by atoms with van der Waals surface area (Å²) in [5, 5.41) is 0. The van der Waals surface area contributed by atoms with Crippen molar-refractivity contribution < 1.29 is 0 Å². The summed E-state index contributed by atoms with van der Waals surface area (Å²) in [6.07, 6.45) is 3.82. The summed E-state index contributed by atoms with van der Waals surface area (Å²) in [7, 11) is 0. The molecule has 2 fully saturated rings. The van der Waals surface area contributed by atoms with Crippen LogP contribution in [0.1, 0.15) is 47.0 Å². The minimum Gasteiger partial charge on any atom is -0.325 e. The first kappa shape index (κ1) is 10.8. The van der Waals surface area contributed by atoms with Crippen LogP contribution in [-0.2, 0) is 0 Å². The fourth-order valence-electron chi connectivity index (χ4n) is 3.24. The Labute approximate surface area is 92.2 Å². The van der Waals surface area contributed by atoms with Gasteiger partial charge in [-0.3, -0.25) is 0 Å². The van der Waals surface area contributed by atoms with Crippen molar-refractivity contribution in [1.29, 1.82) is 0 Å². The molecule has 1 aliphatic heterocycles. The first-order valence-corrected chi connectivity index (χ1v) is 6.71. The molecule has 0 bridgehead atoms. The SMILES string of the molecule is CC1(C)SCCC1C(C)(C)C1(N)CC1. The zero-order valence-electron chi connectivity index (χ0n) is 9.89. The van der Waals surface area contributed by atoms with E-state index in [9.17, 15) is 0 Å². The van der Waals surface area contributed by atoms with E-state index in [1.165, 1.54) is 25.0 Å². The van der Waals surface area contributed by atoms with Crippen molar-refractivity contribution in [2.45, 2.75) is 57.2 Å². The molecule has 1 saturated heterocycles. The lowest BCUT2D eigenvalue weighted by molar-refractivity contribution is 0.126. The van der Waals surface area contributed by atoms with Gasteiger partial charge in [0.25, 0.3) is 0 Å². The number of hydrogen-bond acceptors (Lipinski definition) is 2. The Bertz CT molecular complexity index is 241. The van der Waals surface area contributed by atoms with E-state index in [1.807, 2.05) is 0 Å². The van der Waals surface area contributed by atoms with Gasteiger partial charge in [0.1, 0.15) is 0 Å². The molecule has 0 radical (unpaired) electrons. The average Bonchev–Trinajstić information content (AvgIpc) is 2.68. The van der Waals surface area contributed by atoms with E-state index in [2.05, 4.69) is 39.5 Å². The standard InChI is InChI=1S/C12H23NS/c1-10(2,12(13)6-7-12)9-5-8-14-11(9,3)4/h9H,5-8,13H2,1-4H3. The topological polar surface area (TPSA) is 26.0 Å². The molecule has 14 heavy (non-hydrogen) atoms. The molecular formula is C12H23NS. The molecule has 1 atom stereocenters. The van der Waals surface area contributed by atoms with E-state index in [1.54, 1.807) is 0 Å². The molecule has 2 rings (SSSR count). The highest BCUT2D eigenvalue weighted by atomic mass is 32.2. The van der Waals surface area contributed by atoms with Crippen molar-refractivity contribution in [3.63, 3.8) is 0 Å². The maximum Gasteiger partial charge on any atom is 0.0210 e. The molecule has 1 nitrogen and oxygen atoms in total. The van der Waals surface area contributed by atoms with Gasteiger partial charge in [-0.15, -0.1) is 0 Å². The summed E-state index contributed by atoms with van der Waals surface area (Å²) in [6, 6.07) is 0. The van der Waals surface area contributed by atoms with Gasteiger partial charge in [-0.2, -0.15) is 11.8 Å². The van der Waals surface area contributed by atoms with Gasteiger partial charge in [0.2, 0.25) is 0 Å². The Morgan fingerprint density at radius 2 is 1.86 bits per heavy atom. The molecule has 0 amide bonds. The molecule has 0 aromatic carbocycles. The van der Waals surface area contributed by atoms with Crippen LogP contribution in [0, 0.1) is 11.3 Å². The highest BCUT2D eigenvalue weighted by Gasteiger charge is 2.58.